The van der Waals surface area contributed by atoms with Crippen LogP contribution < -0.4 is 11.1 Å². The highest BCUT2D eigenvalue weighted by Crippen LogP contribution is 2.08. The van der Waals surface area contributed by atoms with Gasteiger partial charge in [-0.3, -0.25) is 4.79 Å². The molecule has 1 atom stereocenters. The Hall–Kier alpha value is -1.78. The second-order valence-corrected chi connectivity index (χ2v) is 3.82. The topological polar surface area (TPSA) is 71.2 Å². The first-order valence-electron chi connectivity index (χ1n) is 5.86. The molecule has 1 unspecified atom stereocenters. The number of hydrogen-bond acceptors (Lipinski definition) is 4. The van der Waals surface area contributed by atoms with Gasteiger partial charge in [0.05, 0.1) is 0 Å². The van der Waals surface area contributed by atoms with Gasteiger partial charge in [-0.25, -0.2) is 4.98 Å². The predicted molar refractivity (Wildman–Crippen MR) is 69.7 cm³/mol. The standard InChI is InChI=1S/C12H20N4O/c1-4-16(5-2)12(17)9(3)14-11-8-6-7-10(13)15-11/h6-9H,4-5H2,1-3H3,(H3,13,14,15). The third kappa shape index (κ3) is 3.62. The summed E-state index contributed by atoms with van der Waals surface area (Å²) in [5, 5.41) is 3.05. The summed E-state index contributed by atoms with van der Waals surface area (Å²) in [4.78, 5) is 17.9. The van der Waals surface area contributed by atoms with E-state index < -0.39 is 0 Å². The van der Waals surface area contributed by atoms with Crippen LogP contribution in [0, 0.1) is 0 Å². The number of nitrogens with zero attached hydrogens (tertiary/aromatic N) is 2. The molecule has 94 valence electrons. The van der Waals surface area contributed by atoms with Gasteiger partial charge < -0.3 is 16.0 Å². The van der Waals surface area contributed by atoms with E-state index in [1.54, 1.807) is 23.1 Å². The predicted octanol–water partition coefficient (Wildman–Crippen LogP) is 1.33. The van der Waals surface area contributed by atoms with Crippen molar-refractivity contribution >= 4 is 17.5 Å². The zero-order valence-corrected chi connectivity index (χ0v) is 10.6. The number of nitrogens with one attached hydrogen (secondary N) is 1. The molecule has 0 aliphatic carbocycles. The Morgan fingerprint density at radius 2 is 2.12 bits per heavy atom. The highest BCUT2D eigenvalue weighted by Gasteiger charge is 2.17. The van der Waals surface area contributed by atoms with Gasteiger partial charge in [-0.15, -0.1) is 0 Å². The summed E-state index contributed by atoms with van der Waals surface area (Å²) >= 11 is 0. The fourth-order valence-corrected chi connectivity index (χ4v) is 1.62. The highest BCUT2D eigenvalue weighted by molar-refractivity contribution is 5.84. The number of aromatic nitrogens is 1. The number of hydrogen-bond donors (Lipinski definition) is 2. The lowest BCUT2D eigenvalue weighted by Crippen LogP contribution is -2.41. The molecule has 0 fully saturated rings. The molecule has 0 saturated heterocycles. The quantitative estimate of drug-likeness (QED) is 0.809. The molecule has 1 rings (SSSR count). The van der Waals surface area contributed by atoms with Crippen molar-refractivity contribution in [2.24, 2.45) is 0 Å². The van der Waals surface area contributed by atoms with Crippen LogP contribution in [0.4, 0.5) is 11.6 Å². The van der Waals surface area contributed by atoms with Crippen LogP contribution in [0.5, 0.6) is 0 Å². The molecule has 0 radical (unpaired) electrons. The van der Waals surface area contributed by atoms with Crippen LogP contribution in [0.2, 0.25) is 0 Å². The maximum absolute atomic E-state index is 12.0. The number of likely N-dealkylation sites (N-methyl/N-ethyl adjacent to an activating group) is 1. The maximum atomic E-state index is 12.0. The van der Waals surface area contributed by atoms with E-state index >= 15 is 0 Å². The molecule has 0 saturated carbocycles. The molecule has 5 nitrogen and oxygen atoms in total. The number of anilines is 2. The molecular formula is C12H20N4O. The fraction of sp³-hybridized carbons (Fsp3) is 0.500. The number of carbonyl (C=O) groups is 1. The number of carbonyl (C=O) groups excluding carboxylic acids is 1. The van der Waals surface area contributed by atoms with Crippen molar-refractivity contribution in [1.82, 2.24) is 9.88 Å². The van der Waals surface area contributed by atoms with E-state index in [0.717, 1.165) is 0 Å². The molecule has 1 aromatic heterocycles. The molecular weight excluding hydrogens is 216 g/mol. The van der Waals surface area contributed by atoms with Crippen molar-refractivity contribution in [3.63, 3.8) is 0 Å². The van der Waals surface area contributed by atoms with E-state index in [-0.39, 0.29) is 11.9 Å². The number of nitrogen functional groups attached to an aromatic ring is 1. The van der Waals surface area contributed by atoms with Crippen LogP contribution >= 0.6 is 0 Å². The Bertz CT molecular complexity index is 377. The van der Waals surface area contributed by atoms with E-state index in [4.69, 9.17) is 5.73 Å². The largest absolute Gasteiger partial charge is 0.384 e. The summed E-state index contributed by atoms with van der Waals surface area (Å²) in [6.45, 7) is 7.18. The van der Waals surface area contributed by atoms with Crippen molar-refractivity contribution in [2.45, 2.75) is 26.8 Å². The Balaban J connectivity index is 2.65. The van der Waals surface area contributed by atoms with Gasteiger partial charge in [0.25, 0.3) is 0 Å². The number of pyridine rings is 1. The average Bonchev–Trinajstić information content (AvgIpc) is 2.30. The number of rotatable bonds is 5. The summed E-state index contributed by atoms with van der Waals surface area (Å²) in [5.74, 6) is 1.13. The third-order valence-electron chi connectivity index (χ3n) is 2.58. The van der Waals surface area contributed by atoms with Gasteiger partial charge in [0.15, 0.2) is 0 Å². The second kappa shape index (κ2) is 6.08. The minimum Gasteiger partial charge on any atom is -0.384 e. The molecule has 0 spiro atoms. The second-order valence-electron chi connectivity index (χ2n) is 3.82. The lowest BCUT2D eigenvalue weighted by Gasteiger charge is -2.23. The van der Waals surface area contributed by atoms with Gasteiger partial charge in [-0.2, -0.15) is 0 Å². The molecule has 17 heavy (non-hydrogen) atoms. The molecule has 5 heteroatoms. The molecule has 3 N–H and O–H groups in total. The fourth-order valence-electron chi connectivity index (χ4n) is 1.62. The monoisotopic (exact) mass is 236 g/mol. The number of nitrogens with two attached hydrogens (primary N) is 1. The SMILES string of the molecule is CCN(CC)C(=O)C(C)Nc1cccc(N)n1. The average molecular weight is 236 g/mol. The van der Waals surface area contributed by atoms with E-state index in [1.807, 2.05) is 20.8 Å². The maximum Gasteiger partial charge on any atom is 0.244 e. The summed E-state index contributed by atoms with van der Waals surface area (Å²) in [6.07, 6.45) is 0. The van der Waals surface area contributed by atoms with E-state index in [9.17, 15) is 4.79 Å². The first-order valence-corrected chi connectivity index (χ1v) is 5.86. The van der Waals surface area contributed by atoms with Gasteiger partial charge >= 0.3 is 0 Å². The summed E-state index contributed by atoms with van der Waals surface area (Å²) in [6, 6.07) is 5.01. The van der Waals surface area contributed by atoms with Gasteiger partial charge in [0.2, 0.25) is 5.91 Å². The summed E-state index contributed by atoms with van der Waals surface area (Å²) < 4.78 is 0. The zero-order valence-electron chi connectivity index (χ0n) is 10.6. The molecule has 1 heterocycles. The van der Waals surface area contributed by atoms with Gasteiger partial charge in [-0.1, -0.05) is 6.07 Å². The summed E-state index contributed by atoms with van der Waals surface area (Å²) in [5.41, 5.74) is 5.58. The van der Waals surface area contributed by atoms with Crippen molar-refractivity contribution in [3.05, 3.63) is 18.2 Å². The zero-order chi connectivity index (χ0) is 12.8. The van der Waals surface area contributed by atoms with Crippen LogP contribution in [0.3, 0.4) is 0 Å². The Morgan fingerprint density at radius 3 is 2.65 bits per heavy atom. The van der Waals surface area contributed by atoms with Crippen LogP contribution in [-0.4, -0.2) is 34.9 Å². The van der Waals surface area contributed by atoms with Gasteiger partial charge in [0, 0.05) is 13.1 Å². The Labute approximate surface area is 102 Å². The molecule has 0 bridgehead atoms. The van der Waals surface area contributed by atoms with Crippen LogP contribution in [0.25, 0.3) is 0 Å². The van der Waals surface area contributed by atoms with Crippen molar-refractivity contribution < 1.29 is 4.79 Å². The normalized spacial score (nSPS) is 11.9. The van der Waals surface area contributed by atoms with Crippen LogP contribution in [0.1, 0.15) is 20.8 Å². The lowest BCUT2D eigenvalue weighted by molar-refractivity contribution is -0.131. The van der Waals surface area contributed by atoms with E-state index in [1.165, 1.54) is 0 Å². The smallest absolute Gasteiger partial charge is 0.244 e. The molecule has 0 aliphatic rings. The Kier molecular flexibility index (Phi) is 4.75. The molecule has 1 aromatic rings. The Morgan fingerprint density at radius 1 is 1.47 bits per heavy atom. The van der Waals surface area contributed by atoms with Crippen LogP contribution in [0.15, 0.2) is 18.2 Å². The minimum atomic E-state index is -0.302. The van der Waals surface area contributed by atoms with Crippen molar-refractivity contribution in [2.75, 3.05) is 24.1 Å². The van der Waals surface area contributed by atoms with Gasteiger partial charge in [0.1, 0.15) is 17.7 Å². The lowest BCUT2D eigenvalue weighted by atomic mass is 10.2. The van der Waals surface area contributed by atoms with Gasteiger partial charge in [-0.05, 0) is 32.9 Å². The molecule has 1 amide bonds. The molecule has 0 aliphatic heterocycles. The summed E-state index contributed by atoms with van der Waals surface area (Å²) in [7, 11) is 0. The van der Waals surface area contributed by atoms with Crippen LogP contribution in [-0.2, 0) is 4.79 Å². The number of amides is 1. The highest BCUT2D eigenvalue weighted by atomic mass is 16.2. The first kappa shape index (κ1) is 13.3. The third-order valence-corrected chi connectivity index (χ3v) is 2.58. The van der Waals surface area contributed by atoms with Crippen molar-refractivity contribution in [1.29, 1.82) is 0 Å². The van der Waals surface area contributed by atoms with E-state index in [2.05, 4.69) is 10.3 Å². The van der Waals surface area contributed by atoms with Crippen molar-refractivity contribution in [3.8, 4) is 0 Å². The molecule has 0 aromatic carbocycles. The van der Waals surface area contributed by atoms with E-state index in [0.29, 0.717) is 24.7 Å². The minimum absolute atomic E-state index is 0.0687. The first-order chi connectivity index (χ1) is 8.08.